The van der Waals surface area contributed by atoms with E-state index in [1.807, 2.05) is 30.3 Å². The summed E-state index contributed by atoms with van der Waals surface area (Å²) in [5, 5.41) is 12.6. The number of hydrogen-bond acceptors (Lipinski definition) is 3. The molecule has 2 unspecified atom stereocenters. The Kier molecular flexibility index (Phi) is 5.49. The molecule has 0 aromatic heterocycles. The van der Waals surface area contributed by atoms with E-state index in [0.717, 1.165) is 5.56 Å². The topological polar surface area (TPSA) is 58.6 Å². The summed E-state index contributed by atoms with van der Waals surface area (Å²) in [6, 6.07) is 14.5. The van der Waals surface area contributed by atoms with Crippen LogP contribution >= 0.6 is 0 Å². The SMILES string of the molecule is CC(NC(=O)OCc1ccccc1)C(O)c1ccccc1F. The number of rotatable bonds is 5. The van der Waals surface area contributed by atoms with Crippen LogP contribution in [0.3, 0.4) is 0 Å². The van der Waals surface area contributed by atoms with Crippen molar-refractivity contribution >= 4 is 6.09 Å². The van der Waals surface area contributed by atoms with Gasteiger partial charge in [0.25, 0.3) is 0 Å². The fourth-order valence-corrected chi connectivity index (χ4v) is 2.01. The molecule has 0 heterocycles. The van der Waals surface area contributed by atoms with Gasteiger partial charge in [-0.2, -0.15) is 0 Å². The Morgan fingerprint density at radius 1 is 1.18 bits per heavy atom. The van der Waals surface area contributed by atoms with Crippen molar-refractivity contribution in [2.45, 2.75) is 25.7 Å². The molecule has 2 N–H and O–H groups in total. The summed E-state index contributed by atoms with van der Waals surface area (Å²) in [6.45, 7) is 1.72. The molecule has 116 valence electrons. The predicted octanol–water partition coefficient (Wildman–Crippen LogP) is 3.17. The first-order valence-electron chi connectivity index (χ1n) is 6.97. The van der Waals surface area contributed by atoms with E-state index in [1.54, 1.807) is 13.0 Å². The quantitative estimate of drug-likeness (QED) is 0.892. The highest BCUT2D eigenvalue weighted by atomic mass is 19.1. The largest absolute Gasteiger partial charge is 0.445 e. The molecule has 0 aliphatic rings. The zero-order valence-corrected chi connectivity index (χ0v) is 12.2. The molecule has 4 nitrogen and oxygen atoms in total. The van der Waals surface area contributed by atoms with E-state index in [0.29, 0.717) is 0 Å². The summed E-state index contributed by atoms with van der Waals surface area (Å²) in [4.78, 5) is 11.7. The van der Waals surface area contributed by atoms with E-state index >= 15 is 0 Å². The molecule has 2 aromatic rings. The van der Waals surface area contributed by atoms with Crippen molar-refractivity contribution in [3.05, 3.63) is 71.5 Å². The maximum Gasteiger partial charge on any atom is 0.407 e. The highest BCUT2D eigenvalue weighted by Gasteiger charge is 2.21. The van der Waals surface area contributed by atoms with Gasteiger partial charge >= 0.3 is 6.09 Å². The van der Waals surface area contributed by atoms with E-state index in [4.69, 9.17) is 4.74 Å². The van der Waals surface area contributed by atoms with Gasteiger partial charge in [0.2, 0.25) is 0 Å². The van der Waals surface area contributed by atoms with Gasteiger partial charge < -0.3 is 15.2 Å². The summed E-state index contributed by atoms with van der Waals surface area (Å²) in [7, 11) is 0. The number of hydrogen-bond donors (Lipinski definition) is 2. The third-order valence-electron chi connectivity index (χ3n) is 3.26. The van der Waals surface area contributed by atoms with Gasteiger partial charge in [-0.3, -0.25) is 0 Å². The highest BCUT2D eigenvalue weighted by Crippen LogP contribution is 2.19. The number of nitrogens with one attached hydrogen (secondary N) is 1. The van der Waals surface area contributed by atoms with E-state index in [1.165, 1.54) is 18.2 Å². The minimum atomic E-state index is -1.15. The van der Waals surface area contributed by atoms with Crippen LogP contribution in [-0.4, -0.2) is 17.2 Å². The van der Waals surface area contributed by atoms with Gasteiger partial charge in [-0.1, -0.05) is 48.5 Å². The standard InChI is InChI=1S/C17H18FNO3/c1-12(16(20)14-9-5-6-10-15(14)18)19-17(21)22-11-13-7-3-2-4-8-13/h2-10,12,16,20H,11H2,1H3,(H,19,21). The Morgan fingerprint density at radius 2 is 1.82 bits per heavy atom. The Balaban J connectivity index is 1.87. The van der Waals surface area contributed by atoms with Gasteiger partial charge in [0.05, 0.1) is 6.04 Å². The second-order valence-electron chi connectivity index (χ2n) is 4.96. The lowest BCUT2D eigenvalue weighted by molar-refractivity contribution is 0.105. The molecular formula is C17H18FNO3. The van der Waals surface area contributed by atoms with Crippen LogP contribution in [0.25, 0.3) is 0 Å². The van der Waals surface area contributed by atoms with Gasteiger partial charge in [-0.05, 0) is 18.6 Å². The molecule has 0 saturated heterocycles. The number of alkyl carbamates (subject to hydrolysis) is 1. The number of carbonyl (C=O) groups excluding carboxylic acids is 1. The minimum Gasteiger partial charge on any atom is -0.445 e. The monoisotopic (exact) mass is 303 g/mol. The van der Waals surface area contributed by atoms with Crippen molar-refractivity contribution in [3.63, 3.8) is 0 Å². The van der Waals surface area contributed by atoms with Gasteiger partial charge in [-0.15, -0.1) is 0 Å². The van der Waals surface area contributed by atoms with Gasteiger partial charge in [0.1, 0.15) is 18.5 Å². The summed E-state index contributed by atoms with van der Waals surface area (Å²) in [5.41, 5.74) is 0.998. The fourth-order valence-electron chi connectivity index (χ4n) is 2.01. The van der Waals surface area contributed by atoms with Gasteiger partial charge in [-0.25, -0.2) is 9.18 Å². The number of halogens is 1. The molecule has 0 radical (unpaired) electrons. The first-order chi connectivity index (χ1) is 10.6. The van der Waals surface area contributed by atoms with Crippen LogP contribution in [0.5, 0.6) is 0 Å². The van der Waals surface area contributed by atoms with Crippen molar-refractivity contribution in [1.29, 1.82) is 0 Å². The van der Waals surface area contributed by atoms with Crippen LogP contribution in [0.15, 0.2) is 54.6 Å². The lowest BCUT2D eigenvalue weighted by atomic mass is 10.0. The number of benzene rings is 2. The molecule has 0 bridgehead atoms. The summed E-state index contributed by atoms with van der Waals surface area (Å²) >= 11 is 0. The molecule has 0 fully saturated rings. The first kappa shape index (κ1) is 16.0. The molecular weight excluding hydrogens is 285 g/mol. The molecule has 22 heavy (non-hydrogen) atoms. The van der Waals surface area contributed by atoms with Crippen molar-refractivity contribution in [2.75, 3.05) is 0 Å². The summed E-state index contributed by atoms with van der Waals surface area (Å²) in [5.74, 6) is -0.513. The molecule has 0 aliphatic heterocycles. The maximum atomic E-state index is 13.6. The maximum absolute atomic E-state index is 13.6. The Morgan fingerprint density at radius 3 is 2.50 bits per heavy atom. The third kappa shape index (κ3) is 4.30. The van der Waals surface area contributed by atoms with Crippen LogP contribution in [0, 0.1) is 5.82 Å². The van der Waals surface area contributed by atoms with Crippen molar-refractivity contribution in [3.8, 4) is 0 Å². The number of aliphatic hydroxyl groups is 1. The Bertz CT molecular complexity index is 618. The molecule has 5 heteroatoms. The number of ether oxygens (including phenoxy) is 1. The van der Waals surface area contributed by atoms with Crippen LogP contribution in [-0.2, 0) is 11.3 Å². The van der Waals surface area contributed by atoms with Crippen molar-refractivity contribution in [2.24, 2.45) is 0 Å². The first-order valence-corrected chi connectivity index (χ1v) is 6.97. The number of aliphatic hydroxyl groups excluding tert-OH is 1. The van der Waals surface area contributed by atoms with Crippen LogP contribution < -0.4 is 5.32 Å². The summed E-state index contributed by atoms with van der Waals surface area (Å²) in [6.07, 6.45) is -1.81. The van der Waals surface area contributed by atoms with Gasteiger partial charge in [0.15, 0.2) is 0 Å². The lowest BCUT2D eigenvalue weighted by Crippen LogP contribution is -2.37. The zero-order valence-electron chi connectivity index (χ0n) is 12.2. The van der Waals surface area contributed by atoms with Crippen molar-refractivity contribution < 1.29 is 19.0 Å². The van der Waals surface area contributed by atoms with E-state index < -0.39 is 24.1 Å². The van der Waals surface area contributed by atoms with E-state index in [9.17, 15) is 14.3 Å². The average molecular weight is 303 g/mol. The Labute approximate surface area is 128 Å². The number of carbonyl (C=O) groups is 1. The van der Waals surface area contributed by atoms with Crippen LogP contribution in [0.2, 0.25) is 0 Å². The Hall–Kier alpha value is -2.40. The average Bonchev–Trinajstić information content (AvgIpc) is 2.53. The molecule has 2 atom stereocenters. The van der Waals surface area contributed by atoms with Gasteiger partial charge in [0, 0.05) is 5.56 Å². The summed E-state index contributed by atoms with van der Waals surface area (Å²) < 4.78 is 18.7. The third-order valence-corrected chi connectivity index (χ3v) is 3.26. The normalized spacial score (nSPS) is 13.2. The second kappa shape index (κ2) is 7.56. The fraction of sp³-hybridized carbons (Fsp3) is 0.235. The zero-order chi connectivity index (χ0) is 15.9. The molecule has 2 rings (SSSR count). The van der Waals surface area contributed by atoms with E-state index in [2.05, 4.69) is 5.32 Å². The predicted molar refractivity (Wildman–Crippen MR) is 80.6 cm³/mol. The van der Waals surface area contributed by atoms with Crippen LogP contribution in [0.4, 0.5) is 9.18 Å². The smallest absolute Gasteiger partial charge is 0.407 e. The molecule has 0 spiro atoms. The highest BCUT2D eigenvalue weighted by molar-refractivity contribution is 5.67. The van der Waals surface area contributed by atoms with Crippen LogP contribution in [0.1, 0.15) is 24.2 Å². The van der Waals surface area contributed by atoms with Crippen molar-refractivity contribution in [1.82, 2.24) is 5.32 Å². The molecule has 0 saturated carbocycles. The molecule has 2 aromatic carbocycles. The minimum absolute atomic E-state index is 0.134. The second-order valence-corrected chi connectivity index (χ2v) is 4.96. The number of amides is 1. The molecule has 0 aliphatic carbocycles. The lowest BCUT2D eigenvalue weighted by Gasteiger charge is -2.20. The van der Waals surface area contributed by atoms with E-state index in [-0.39, 0.29) is 12.2 Å². The molecule has 1 amide bonds.